The molecule has 0 aliphatic heterocycles. The predicted octanol–water partition coefficient (Wildman–Crippen LogP) is 2.84. The van der Waals surface area contributed by atoms with Crippen molar-refractivity contribution in [3.05, 3.63) is 35.1 Å². The Bertz CT molecular complexity index is 469. The Balaban J connectivity index is 1.94. The Kier molecular flexibility index (Phi) is 5.38. The van der Waals surface area contributed by atoms with Crippen LogP contribution in [0.3, 0.4) is 0 Å². The van der Waals surface area contributed by atoms with Crippen LogP contribution >= 0.6 is 0 Å². The van der Waals surface area contributed by atoms with Crippen LogP contribution in [0.25, 0.3) is 0 Å². The van der Waals surface area contributed by atoms with Gasteiger partial charge in [0.1, 0.15) is 5.82 Å². The smallest absolute Gasteiger partial charge is 0.124 e. The lowest BCUT2D eigenvalue weighted by Crippen LogP contribution is -2.06. The van der Waals surface area contributed by atoms with Gasteiger partial charge in [-0.2, -0.15) is 0 Å². The second kappa shape index (κ2) is 7.28. The Hall–Kier alpha value is -1.37. The van der Waals surface area contributed by atoms with Crippen LogP contribution in [0.4, 0.5) is 4.39 Å². The van der Waals surface area contributed by atoms with Crippen LogP contribution < -0.4 is 5.73 Å². The fourth-order valence-electron chi connectivity index (χ4n) is 2.45. The van der Waals surface area contributed by atoms with Gasteiger partial charge in [-0.3, -0.25) is 0 Å². The fourth-order valence-corrected chi connectivity index (χ4v) is 2.45. The molecule has 1 aromatic carbocycles. The number of rotatable bonds is 4. The minimum Gasteiger partial charge on any atom is -0.376 e. The monoisotopic (exact) mass is 261 g/mol. The minimum absolute atomic E-state index is 0.277. The maximum atomic E-state index is 13.2. The summed E-state index contributed by atoms with van der Waals surface area (Å²) in [5.41, 5.74) is 6.96. The molecule has 0 spiro atoms. The second-order valence-corrected chi connectivity index (χ2v) is 4.97. The van der Waals surface area contributed by atoms with E-state index in [-0.39, 0.29) is 12.4 Å². The van der Waals surface area contributed by atoms with Crippen molar-refractivity contribution in [3.8, 4) is 11.8 Å². The summed E-state index contributed by atoms with van der Waals surface area (Å²) in [7, 11) is 0. The van der Waals surface area contributed by atoms with E-state index in [4.69, 9.17) is 10.5 Å². The van der Waals surface area contributed by atoms with Gasteiger partial charge in [0, 0.05) is 12.2 Å². The van der Waals surface area contributed by atoms with Crippen LogP contribution in [-0.2, 0) is 11.3 Å². The molecule has 1 aliphatic rings. The molecule has 0 atom stereocenters. The van der Waals surface area contributed by atoms with Gasteiger partial charge in [-0.05, 0) is 36.5 Å². The van der Waals surface area contributed by atoms with Gasteiger partial charge < -0.3 is 10.5 Å². The fraction of sp³-hybridized carbons (Fsp3) is 0.500. The van der Waals surface area contributed by atoms with Gasteiger partial charge in [0.2, 0.25) is 0 Å². The molecule has 3 heteroatoms. The Morgan fingerprint density at radius 3 is 2.84 bits per heavy atom. The molecule has 2 rings (SSSR count). The number of nitrogens with two attached hydrogens (primary N) is 1. The lowest BCUT2D eigenvalue weighted by molar-refractivity contribution is 0.0887. The van der Waals surface area contributed by atoms with E-state index >= 15 is 0 Å². The molecule has 0 aromatic heterocycles. The number of hydrogen-bond acceptors (Lipinski definition) is 2. The average Bonchev–Trinajstić information content (AvgIpc) is 2.91. The van der Waals surface area contributed by atoms with Crippen LogP contribution in [0.15, 0.2) is 18.2 Å². The van der Waals surface area contributed by atoms with Gasteiger partial charge >= 0.3 is 0 Å². The van der Waals surface area contributed by atoms with E-state index in [9.17, 15) is 4.39 Å². The van der Waals surface area contributed by atoms with E-state index < -0.39 is 0 Å². The number of benzene rings is 1. The van der Waals surface area contributed by atoms with Crippen LogP contribution in [0.2, 0.25) is 0 Å². The van der Waals surface area contributed by atoms with Crippen molar-refractivity contribution >= 4 is 0 Å². The molecule has 0 bridgehead atoms. The van der Waals surface area contributed by atoms with E-state index in [2.05, 4.69) is 11.8 Å². The molecule has 1 saturated carbocycles. The van der Waals surface area contributed by atoms with E-state index in [1.807, 2.05) is 0 Å². The Labute approximate surface area is 114 Å². The molecule has 2 N–H and O–H groups in total. The summed E-state index contributed by atoms with van der Waals surface area (Å²) in [6.45, 7) is 1.56. The summed E-state index contributed by atoms with van der Waals surface area (Å²) >= 11 is 0. The van der Waals surface area contributed by atoms with Gasteiger partial charge in [0.25, 0.3) is 0 Å². The largest absolute Gasteiger partial charge is 0.376 e. The molecule has 0 amide bonds. The highest BCUT2D eigenvalue weighted by molar-refractivity contribution is 5.41. The zero-order valence-electron chi connectivity index (χ0n) is 11.1. The molecule has 1 fully saturated rings. The van der Waals surface area contributed by atoms with Crippen LogP contribution in [0.1, 0.15) is 36.8 Å². The maximum Gasteiger partial charge on any atom is 0.124 e. The second-order valence-electron chi connectivity index (χ2n) is 4.97. The van der Waals surface area contributed by atoms with Crippen molar-refractivity contribution in [1.29, 1.82) is 0 Å². The molecule has 2 nitrogen and oxygen atoms in total. The van der Waals surface area contributed by atoms with Crippen molar-refractivity contribution in [2.75, 3.05) is 13.2 Å². The van der Waals surface area contributed by atoms with Crippen LogP contribution in [0, 0.1) is 23.6 Å². The van der Waals surface area contributed by atoms with Gasteiger partial charge in [-0.15, -0.1) is 0 Å². The van der Waals surface area contributed by atoms with Gasteiger partial charge in [0.15, 0.2) is 0 Å². The van der Waals surface area contributed by atoms with E-state index in [1.54, 1.807) is 6.07 Å². The zero-order valence-corrected chi connectivity index (χ0v) is 11.1. The number of halogens is 1. The highest BCUT2D eigenvalue weighted by Crippen LogP contribution is 2.25. The summed E-state index contributed by atoms with van der Waals surface area (Å²) < 4.78 is 18.9. The molecule has 0 heterocycles. The summed E-state index contributed by atoms with van der Waals surface area (Å²) in [5, 5.41) is 0. The topological polar surface area (TPSA) is 35.2 Å². The number of ether oxygens (including phenoxy) is 1. The average molecular weight is 261 g/mol. The molecule has 1 aliphatic carbocycles. The van der Waals surface area contributed by atoms with Gasteiger partial charge in [-0.1, -0.05) is 30.7 Å². The maximum absolute atomic E-state index is 13.2. The van der Waals surface area contributed by atoms with E-state index in [0.717, 1.165) is 12.2 Å². The first-order valence-corrected chi connectivity index (χ1v) is 6.84. The van der Waals surface area contributed by atoms with Crippen molar-refractivity contribution < 1.29 is 9.13 Å². The molecule has 0 unspecified atom stereocenters. The third-order valence-electron chi connectivity index (χ3n) is 3.48. The molecule has 102 valence electrons. The normalized spacial score (nSPS) is 15.3. The van der Waals surface area contributed by atoms with Crippen molar-refractivity contribution in [2.24, 2.45) is 11.7 Å². The summed E-state index contributed by atoms with van der Waals surface area (Å²) in [5.74, 6) is 6.07. The Morgan fingerprint density at radius 2 is 2.11 bits per heavy atom. The first-order chi connectivity index (χ1) is 9.29. The van der Waals surface area contributed by atoms with Crippen LogP contribution in [0.5, 0.6) is 0 Å². The quantitative estimate of drug-likeness (QED) is 0.846. The van der Waals surface area contributed by atoms with Gasteiger partial charge in [-0.25, -0.2) is 4.39 Å². The lowest BCUT2D eigenvalue weighted by atomic mass is 10.1. The highest BCUT2D eigenvalue weighted by Gasteiger charge is 2.15. The third kappa shape index (κ3) is 4.34. The van der Waals surface area contributed by atoms with Crippen molar-refractivity contribution in [2.45, 2.75) is 32.3 Å². The standard InChI is InChI=1S/C16H20FNO/c17-16-8-7-15(14(10-16)6-3-9-18)12-19-11-13-4-1-2-5-13/h7-8,10,13H,1-2,4-5,9,11-12,18H2. The van der Waals surface area contributed by atoms with Gasteiger partial charge in [0.05, 0.1) is 13.2 Å². The van der Waals surface area contributed by atoms with Crippen molar-refractivity contribution in [1.82, 2.24) is 0 Å². The summed E-state index contributed by atoms with van der Waals surface area (Å²) in [6, 6.07) is 4.63. The van der Waals surface area contributed by atoms with Crippen molar-refractivity contribution in [3.63, 3.8) is 0 Å². The summed E-state index contributed by atoms with van der Waals surface area (Å²) in [4.78, 5) is 0. The first kappa shape index (κ1) is 14.0. The molecular weight excluding hydrogens is 241 g/mol. The molecule has 0 radical (unpaired) electrons. The third-order valence-corrected chi connectivity index (χ3v) is 3.48. The number of hydrogen-bond donors (Lipinski definition) is 1. The zero-order chi connectivity index (χ0) is 13.5. The SMILES string of the molecule is NCC#Cc1cc(F)ccc1COCC1CCCC1. The first-order valence-electron chi connectivity index (χ1n) is 6.84. The van der Waals surface area contributed by atoms with Crippen LogP contribution in [-0.4, -0.2) is 13.2 Å². The predicted molar refractivity (Wildman–Crippen MR) is 73.9 cm³/mol. The highest BCUT2D eigenvalue weighted by atomic mass is 19.1. The molecular formula is C16H20FNO. The molecule has 1 aromatic rings. The van der Waals surface area contributed by atoms with E-state index in [1.165, 1.54) is 37.8 Å². The van der Waals surface area contributed by atoms with E-state index in [0.29, 0.717) is 18.1 Å². The lowest BCUT2D eigenvalue weighted by Gasteiger charge is -2.11. The minimum atomic E-state index is -0.277. The summed E-state index contributed by atoms with van der Waals surface area (Å²) in [6.07, 6.45) is 5.17. The Morgan fingerprint density at radius 1 is 1.32 bits per heavy atom. The molecule has 19 heavy (non-hydrogen) atoms. The molecule has 0 saturated heterocycles.